The monoisotopic (exact) mass is 271 g/mol. The lowest BCUT2D eigenvalue weighted by Gasteiger charge is -2.22. The van der Waals surface area contributed by atoms with Gasteiger partial charge in [0, 0.05) is 0 Å². The first-order valence-electron chi connectivity index (χ1n) is 5.89. The van der Waals surface area contributed by atoms with E-state index in [9.17, 15) is 8.42 Å². The first-order valence-corrected chi connectivity index (χ1v) is 7.44. The van der Waals surface area contributed by atoms with Crippen molar-refractivity contribution in [3.63, 3.8) is 0 Å². The third kappa shape index (κ3) is 2.94. The van der Waals surface area contributed by atoms with E-state index in [1.54, 1.807) is 13.8 Å². The van der Waals surface area contributed by atoms with E-state index in [0.29, 0.717) is 24.2 Å². The van der Waals surface area contributed by atoms with Crippen molar-refractivity contribution >= 4 is 16.0 Å². The minimum atomic E-state index is -3.42. The van der Waals surface area contributed by atoms with Gasteiger partial charge in [0.25, 0.3) is 5.95 Å². The van der Waals surface area contributed by atoms with Gasteiger partial charge in [0.1, 0.15) is 0 Å². The van der Waals surface area contributed by atoms with Crippen molar-refractivity contribution in [2.45, 2.75) is 31.9 Å². The molecule has 1 aromatic heterocycles. The van der Waals surface area contributed by atoms with E-state index < -0.39 is 10.0 Å². The van der Waals surface area contributed by atoms with Crippen LogP contribution in [0.1, 0.15) is 24.2 Å². The Hall–Kier alpha value is -1.28. The van der Waals surface area contributed by atoms with Crippen LogP contribution in [-0.4, -0.2) is 41.9 Å². The zero-order valence-electron chi connectivity index (χ0n) is 10.5. The Labute approximate surface area is 106 Å². The van der Waals surface area contributed by atoms with Crippen molar-refractivity contribution in [3.05, 3.63) is 11.4 Å². The van der Waals surface area contributed by atoms with Crippen LogP contribution in [0.2, 0.25) is 0 Å². The zero-order chi connectivity index (χ0) is 13.2. The second-order valence-electron chi connectivity index (χ2n) is 4.40. The van der Waals surface area contributed by atoms with Gasteiger partial charge in [0.15, 0.2) is 0 Å². The van der Waals surface area contributed by atoms with Gasteiger partial charge in [-0.15, -0.1) is 5.10 Å². The quantitative estimate of drug-likeness (QED) is 0.802. The molecular formula is C10H17N5O2S. The molecule has 0 spiro atoms. The number of sulfonamides is 1. The summed E-state index contributed by atoms with van der Waals surface area (Å²) in [4.78, 5) is 4.07. The van der Waals surface area contributed by atoms with E-state index in [2.05, 4.69) is 25.2 Å². The van der Waals surface area contributed by atoms with Crippen molar-refractivity contribution < 1.29 is 8.42 Å². The molecule has 0 aromatic carbocycles. The van der Waals surface area contributed by atoms with Gasteiger partial charge >= 0.3 is 0 Å². The van der Waals surface area contributed by atoms with Crippen LogP contribution in [0, 0.1) is 13.8 Å². The van der Waals surface area contributed by atoms with Gasteiger partial charge in [0.05, 0.1) is 16.6 Å². The summed E-state index contributed by atoms with van der Waals surface area (Å²) < 4.78 is 26.6. The molecule has 0 atom stereocenters. The van der Waals surface area contributed by atoms with E-state index in [-0.39, 0.29) is 11.2 Å². The van der Waals surface area contributed by atoms with Crippen LogP contribution in [0.3, 0.4) is 0 Å². The molecule has 0 radical (unpaired) electrons. The molecule has 2 N–H and O–H groups in total. The van der Waals surface area contributed by atoms with Crippen LogP contribution in [-0.2, 0) is 10.0 Å². The number of piperidine rings is 1. The fraction of sp³-hybridized carbons (Fsp3) is 0.700. The van der Waals surface area contributed by atoms with Gasteiger partial charge < -0.3 is 5.32 Å². The van der Waals surface area contributed by atoms with Crippen molar-refractivity contribution in [2.75, 3.05) is 17.8 Å². The highest BCUT2D eigenvalue weighted by Gasteiger charge is 2.27. The molecule has 1 aliphatic rings. The van der Waals surface area contributed by atoms with Gasteiger partial charge in [-0.1, -0.05) is 0 Å². The lowest BCUT2D eigenvalue weighted by molar-refractivity contribution is 0.498. The fourth-order valence-electron chi connectivity index (χ4n) is 1.82. The number of rotatable bonds is 3. The molecule has 1 aliphatic heterocycles. The Balaban J connectivity index is 2.13. The molecule has 2 rings (SSSR count). The van der Waals surface area contributed by atoms with Crippen molar-refractivity contribution in [1.82, 2.24) is 20.5 Å². The molecule has 0 saturated carbocycles. The maximum Gasteiger partial charge on any atom is 0.256 e. The molecule has 8 heteroatoms. The third-order valence-corrected chi connectivity index (χ3v) is 4.87. The minimum Gasteiger partial charge on any atom is -0.317 e. The Kier molecular flexibility index (Phi) is 3.76. The van der Waals surface area contributed by atoms with Crippen LogP contribution in [0.5, 0.6) is 0 Å². The second kappa shape index (κ2) is 5.15. The van der Waals surface area contributed by atoms with Crippen molar-refractivity contribution in [1.29, 1.82) is 0 Å². The summed E-state index contributed by atoms with van der Waals surface area (Å²) in [5.41, 5.74) is 1.37. The number of hydrogen-bond donors (Lipinski definition) is 2. The van der Waals surface area contributed by atoms with E-state index >= 15 is 0 Å². The molecule has 100 valence electrons. The predicted molar refractivity (Wildman–Crippen MR) is 67.7 cm³/mol. The van der Waals surface area contributed by atoms with Gasteiger partial charge in [-0.3, -0.25) is 0 Å². The highest BCUT2D eigenvalue weighted by Crippen LogP contribution is 2.15. The Morgan fingerprint density at radius 3 is 2.44 bits per heavy atom. The van der Waals surface area contributed by atoms with Crippen LogP contribution in [0.25, 0.3) is 0 Å². The largest absolute Gasteiger partial charge is 0.317 e. The smallest absolute Gasteiger partial charge is 0.256 e. The first-order chi connectivity index (χ1) is 8.49. The summed E-state index contributed by atoms with van der Waals surface area (Å²) in [6, 6.07) is 0. The highest BCUT2D eigenvalue weighted by molar-refractivity contribution is 7.93. The standard InChI is InChI=1S/C10H17N5O2S/c1-7-8(2)13-14-10(12-7)15-18(16,17)9-3-5-11-6-4-9/h9,11H,3-6H2,1-2H3,(H,12,14,15). The normalized spacial score (nSPS) is 17.7. The second-order valence-corrected chi connectivity index (χ2v) is 6.36. The van der Waals surface area contributed by atoms with Crippen molar-refractivity contribution in [3.8, 4) is 0 Å². The van der Waals surface area contributed by atoms with E-state index in [1.807, 2.05) is 0 Å². The maximum atomic E-state index is 12.1. The lowest BCUT2D eigenvalue weighted by atomic mass is 10.2. The molecule has 0 bridgehead atoms. The number of anilines is 1. The molecule has 7 nitrogen and oxygen atoms in total. The SMILES string of the molecule is Cc1nnc(NS(=O)(=O)C2CCNCC2)nc1C. The molecule has 2 heterocycles. The average molecular weight is 271 g/mol. The van der Waals surface area contributed by atoms with Gasteiger partial charge in [0.2, 0.25) is 10.0 Å². The lowest BCUT2D eigenvalue weighted by Crippen LogP contribution is -2.38. The van der Waals surface area contributed by atoms with Gasteiger partial charge in [-0.05, 0) is 39.8 Å². The summed E-state index contributed by atoms with van der Waals surface area (Å²) in [6.07, 6.45) is 1.21. The Morgan fingerprint density at radius 1 is 1.17 bits per heavy atom. The summed E-state index contributed by atoms with van der Waals surface area (Å²) in [7, 11) is -3.42. The van der Waals surface area contributed by atoms with E-state index in [1.165, 1.54) is 0 Å². The van der Waals surface area contributed by atoms with Crippen LogP contribution in [0.15, 0.2) is 0 Å². The summed E-state index contributed by atoms with van der Waals surface area (Å²) in [6.45, 7) is 4.99. The van der Waals surface area contributed by atoms with Gasteiger partial charge in [-0.2, -0.15) is 5.10 Å². The number of hydrogen-bond acceptors (Lipinski definition) is 6. The molecule has 1 aromatic rings. The molecule has 18 heavy (non-hydrogen) atoms. The molecular weight excluding hydrogens is 254 g/mol. The summed E-state index contributed by atoms with van der Waals surface area (Å²) >= 11 is 0. The predicted octanol–water partition coefficient (Wildman–Crippen LogP) is -0.0179. The zero-order valence-corrected chi connectivity index (χ0v) is 11.3. The Bertz CT molecular complexity index is 525. The van der Waals surface area contributed by atoms with E-state index in [0.717, 1.165) is 13.1 Å². The first kappa shape index (κ1) is 13.2. The third-order valence-electron chi connectivity index (χ3n) is 3.05. The molecule has 1 saturated heterocycles. The molecule has 0 unspecified atom stereocenters. The highest BCUT2D eigenvalue weighted by atomic mass is 32.2. The number of nitrogens with zero attached hydrogens (tertiary/aromatic N) is 3. The topological polar surface area (TPSA) is 96.9 Å². The summed E-state index contributed by atoms with van der Waals surface area (Å²) in [5, 5.41) is 10.4. The molecule has 1 fully saturated rings. The van der Waals surface area contributed by atoms with Crippen molar-refractivity contribution in [2.24, 2.45) is 0 Å². The number of aryl methyl sites for hydroxylation is 2. The minimum absolute atomic E-state index is 0.0524. The van der Waals surface area contributed by atoms with E-state index in [4.69, 9.17) is 0 Å². The maximum absolute atomic E-state index is 12.1. The van der Waals surface area contributed by atoms with Crippen LogP contribution < -0.4 is 10.0 Å². The Morgan fingerprint density at radius 2 is 1.83 bits per heavy atom. The average Bonchev–Trinajstić information content (AvgIpc) is 2.35. The number of nitrogens with one attached hydrogen (secondary N) is 2. The molecule has 0 aliphatic carbocycles. The van der Waals surface area contributed by atoms with Crippen LogP contribution in [0.4, 0.5) is 5.95 Å². The fourth-order valence-corrected chi connectivity index (χ4v) is 3.18. The summed E-state index contributed by atoms with van der Waals surface area (Å²) in [5.74, 6) is 0.0524. The van der Waals surface area contributed by atoms with Gasteiger partial charge in [-0.25, -0.2) is 18.1 Å². The van der Waals surface area contributed by atoms with Crippen LogP contribution >= 0.6 is 0 Å². The molecule has 0 amide bonds. The number of aromatic nitrogens is 3.